The van der Waals surface area contributed by atoms with Crippen LogP contribution in [0.3, 0.4) is 0 Å². The molecular weight excluding hydrogens is 320 g/mol. The summed E-state index contributed by atoms with van der Waals surface area (Å²) in [6, 6.07) is 6.54. The number of ether oxygens (including phenoxy) is 1. The number of nitrogens with one attached hydrogen (secondary N) is 2. The van der Waals surface area contributed by atoms with Crippen molar-refractivity contribution in [3.05, 3.63) is 29.8 Å². The molecule has 2 aliphatic rings. The molecule has 0 atom stereocenters. The fourth-order valence-electron chi connectivity index (χ4n) is 3.02. The van der Waals surface area contributed by atoms with Gasteiger partial charge in [0.25, 0.3) is 12.3 Å². The Morgan fingerprint density at radius 2 is 2.04 bits per heavy atom. The zero-order chi connectivity index (χ0) is 17.2. The Bertz CT molecular complexity index is 631. The van der Waals surface area contributed by atoms with E-state index in [2.05, 4.69) is 10.6 Å². The Hall–Kier alpha value is -2.38. The van der Waals surface area contributed by atoms with E-state index in [0.717, 1.165) is 0 Å². The van der Waals surface area contributed by atoms with Crippen LogP contribution >= 0.6 is 0 Å². The average Bonchev–Trinajstić information content (AvgIpc) is 2.71. The first-order chi connectivity index (χ1) is 11.5. The normalized spacial score (nSPS) is 19.3. The van der Waals surface area contributed by atoms with E-state index in [4.69, 9.17) is 4.74 Å². The van der Waals surface area contributed by atoms with Crippen LogP contribution in [0.15, 0.2) is 24.3 Å². The van der Waals surface area contributed by atoms with Crippen molar-refractivity contribution in [2.24, 2.45) is 0 Å². The summed E-state index contributed by atoms with van der Waals surface area (Å²) in [6.45, 7) is 0.466. The number of piperidine rings is 1. The summed E-state index contributed by atoms with van der Waals surface area (Å²) in [5, 5.41) is 5.07. The Balaban J connectivity index is 1.65. The smallest absolute Gasteiger partial charge is 0.317 e. The van der Waals surface area contributed by atoms with E-state index in [1.165, 1.54) is 4.90 Å². The van der Waals surface area contributed by atoms with Crippen molar-refractivity contribution in [1.29, 1.82) is 0 Å². The molecule has 0 bridgehead atoms. The molecule has 1 aromatic rings. The standard InChI is InChI=1S/C16H19F2N3O3/c17-13(18)9-19-15(23)21-7-5-16(6-8-21)10-20-14(22)11-3-1-2-4-12(11)24-16/h1-4,13H,5-10H2,(H,19,23)(H,20,22). The third-order valence-electron chi connectivity index (χ3n) is 4.40. The van der Waals surface area contributed by atoms with Crippen molar-refractivity contribution in [3.63, 3.8) is 0 Å². The van der Waals surface area contributed by atoms with Gasteiger partial charge in [0.1, 0.15) is 11.4 Å². The molecule has 8 heteroatoms. The fourth-order valence-corrected chi connectivity index (χ4v) is 3.02. The minimum atomic E-state index is -2.57. The minimum absolute atomic E-state index is 0.181. The lowest BCUT2D eigenvalue weighted by molar-refractivity contribution is 0.0153. The number of likely N-dealkylation sites (tertiary alicyclic amines) is 1. The van der Waals surface area contributed by atoms with Gasteiger partial charge < -0.3 is 20.3 Å². The Morgan fingerprint density at radius 3 is 2.75 bits per heavy atom. The lowest BCUT2D eigenvalue weighted by atomic mass is 9.91. The monoisotopic (exact) mass is 339 g/mol. The lowest BCUT2D eigenvalue weighted by Gasteiger charge is -2.41. The topological polar surface area (TPSA) is 70.7 Å². The molecule has 2 heterocycles. The molecule has 0 aliphatic carbocycles. The number of alkyl halides is 2. The van der Waals surface area contributed by atoms with Gasteiger partial charge in [-0.05, 0) is 12.1 Å². The SMILES string of the molecule is O=C1NCC2(CCN(C(=O)NCC(F)F)CC2)Oc2ccccc21. The van der Waals surface area contributed by atoms with Crippen molar-refractivity contribution in [1.82, 2.24) is 15.5 Å². The van der Waals surface area contributed by atoms with Gasteiger partial charge in [-0.3, -0.25) is 4.79 Å². The van der Waals surface area contributed by atoms with Crippen molar-refractivity contribution in [3.8, 4) is 5.75 Å². The van der Waals surface area contributed by atoms with E-state index in [-0.39, 0.29) is 5.91 Å². The van der Waals surface area contributed by atoms with Crippen LogP contribution in [-0.2, 0) is 0 Å². The highest BCUT2D eigenvalue weighted by molar-refractivity contribution is 5.97. The van der Waals surface area contributed by atoms with Crippen molar-refractivity contribution in [2.75, 3.05) is 26.2 Å². The van der Waals surface area contributed by atoms with E-state index in [1.807, 2.05) is 0 Å². The fraction of sp³-hybridized carbons (Fsp3) is 0.500. The van der Waals surface area contributed by atoms with Crippen LogP contribution in [0.25, 0.3) is 0 Å². The molecule has 1 fully saturated rings. The molecule has 130 valence electrons. The van der Waals surface area contributed by atoms with Crippen LogP contribution in [0.2, 0.25) is 0 Å². The van der Waals surface area contributed by atoms with E-state index in [1.54, 1.807) is 24.3 Å². The van der Waals surface area contributed by atoms with E-state index in [0.29, 0.717) is 43.8 Å². The maximum atomic E-state index is 12.2. The molecule has 2 aliphatic heterocycles. The summed E-state index contributed by atoms with van der Waals surface area (Å²) in [6.07, 6.45) is -1.53. The molecule has 0 radical (unpaired) electrons. The molecule has 0 unspecified atom stereocenters. The van der Waals surface area contributed by atoms with Gasteiger partial charge in [0.2, 0.25) is 0 Å². The highest BCUT2D eigenvalue weighted by Gasteiger charge is 2.40. The van der Waals surface area contributed by atoms with E-state index >= 15 is 0 Å². The van der Waals surface area contributed by atoms with Crippen LogP contribution in [0.4, 0.5) is 13.6 Å². The maximum Gasteiger partial charge on any atom is 0.317 e. The maximum absolute atomic E-state index is 12.2. The first-order valence-electron chi connectivity index (χ1n) is 7.86. The molecule has 1 aromatic carbocycles. The summed E-state index contributed by atoms with van der Waals surface area (Å²) in [5.41, 5.74) is -0.0895. The number of hydrogen-bond acceptors (Lipinski definition) is 3. The van der Waals surface area contributed by atoms with E-state index in [9.17, 15) is 18.4 Å². The number of rotatable bonds is 2. The summed E-state index contributed by atoms with van der Waals surface area (Å²) >= 11 is 0. The lowest BCUT2D eigenvalue weighted by Crippen LogP contribution is -2.55. The van der Waals surface area contributed by atoms with Gasteiger partial charge in [-0.25, -0.2) is 13.6 Å². The van der Waals surface area contributed by atoms with Crippen molar-refractivity contribution in [2.45, 2.75) is 24.9 Å². The Labute approximate surface area is 138 Å². The first kappa shape index (κ1) is 16.5. The Kier molecular flexibility index (Phi) is 4.55. The van der Waals surface area contributed by atoms with E-state index < -0.39 is 24.6 Å². The highest BCUT2D eigenvalue weighted by Crippen LogP contribution is 2.32. The largest absolute Gasteiger partial charge is 0.484 e. The van der Waals surface area contributed by atoms with Gasteiger partial charge in [-0.15, -0.1) is 0 Å². The molecule has 0 aromatic heterocycles. The molecule has 3 amide bonds. The second-order valence-corrected chi connectivity index (χ2v) is 6.03. The molecule has 2 N–H and O–H groups in total. The van der Waals surface area contributed by atoms with Gasteiger partial charge in [-0.2, -0.15) is 0 Å². The third-order valence-corrected chi connectivity index (χ3v) is 4.40. The van der Waals surface area contributed by atoms with Crippen LogP contribution in [0.1, 0.15) is 23.2 Å². The summed E-state index contributed by atoms with van der Waals surface area (Å²) in [5.74, 6) is 0.350. The number of carbonyl (C=O) groups is 2. The van der Waals surface area contributed by atoms with Crippen LogP contribution in [0.5, 0.6) is 5.75 Å². The number of para-hydroxylation sites is 1. The number of amides is 3. The van der Waals surface area contributed by atoms with Gasteiger partial charge in [-0.1, -0.05) is 12.1 Å². The molecule has 1 spiro atoms. The first-order valence-corrected chi connectivity index (χ1v) is 7.86. The second-order valence-electron chi connectivity index (χ2n) is 6.03. The minimum Gasteiger partial charge on any atom is -0.484 e. The summed E-state index contributed by atoms with van der Waals surface area (Å²) in [7, 11) is 0. The Morgan fingerprint density at radius 1 is 1.33 bits per heavy atom. The van der Waals surface area contributed by atoms with Gasteiger partial charge in [0.05, 0.1) is 18.7 Å². The second kappa shape index (κ2) is 6.62. The number of urea groups is 1. The zero-order valence-electron chi connectivity index (χ0n) is 13.1. The predicted molar refractivity (Wildman–Crippen MR) is 82.3 cm³/mol. The number of fused-ring (bicyclic) bond motifs is 1. The number of carbonyl (C=O) groups excluding carboxylic acids is 2. The number of benzene rings is 1. The molecule has 24 heavy (non-hydrogen) atoms. The molecule has 6 nitrogen and oxygen atoms in total. The quantitative estimate of drug-likeness (QED) is 0.860. The number of halogens is 2. The third kappa shape index (κ3) is 3.42. The number of hydrogen-bond donors (Lipinski definition) is 2. The molecule has 3 rings (SSSR count). The molecule has 0 saturated carbocycles. The predicted octanol–water partition coefficient (Wildman–Crippen LogP) is 1.62. The zero-order valence-corrected chi connectivity index (χ0v) is 13.1. The van der Waals surface area contributed by atoms with Crippen LogP contribution < -0.4 is 15.4 Å². The van der Waals surface area contributed by atoms with Gasteiger partial charge in [0, 0.05) is 25.9 Å². The van der Waals surface area contributed by atoms with Gasteiger partial charge >= 0.3 is 6.03 Å². The molecule has 1 saturated heterocycles. The van der Waals surface area contributed by atoms with Crippen LogP contribution in [-0.4, -0.2) is 55.0 Å². The van der Waals surface area contributed by atoms with Gasteiger partial charge in [0.15, 0.2) is 0 Å². The number of nitrogens with zero attached hydrogens (tertiary/aromatic N) is 1. The van der Waals surface area contributed by atoms with Crippen molar-refractivity contribution < 1.29 is 23.1 Å². The van der Waals surface area contributed by atoms with Crippen molar-refractivity contribution >= 4 is 11.9 Å². The summed E-state index contributed by atoms with van der Waals surface area (Å²) < 4.78 is 30.5. The average molecular weight is 339 g/mol. The summed E-state index contributed by atoms with van der Waals surface area (Å²) in [4.78, 5) is 25.5. The molecular formula is C16H19F2N3O3. The van der Waals surface area contributed by atoms with Crippen LogP contribution in [0, 0.1) is 0 Å². The highest BCUT2D eigenvalue weighted by atomic mass is 19.3.